The number of hydrogen-bond acceptors (Lipinski definition) is 3. The summed E-state index contributed by atoms with van der Waals surface area (Å²) >= 11 is 3.23. The standard InChI is InChI=1S/C11H13BrN2O2S/c1-9(2)14(7-6-13)17(15,16)11-5-3-4-10(12)8-11/h3-5,8-9H,7H2,1-2H3. The predicted octanol–water partition coefficient (Wildman–Crippen LogP) is 2.37. The molecule has 1 aromatic carbocycles. The minimum Gasteiger partial charge on any atom is -0.207 e. The summed E-state index contributed by atoms with van der Waals surface area (Å²) in [6.07, 6.45) is 0. The van der Waals surface area contributed by atoms with Gasteiger partial charge < -0.3 is 0 Å². The number of halogens is 1. The Morgan fingerprint density at radius 1 is 1.47 bits per heavy atom. The fourth-order valence-electron chi connectivity index (χ4n) is 1.38. The Morgan fingerprint density at radius 2 is 2.12 bits per heavy atom. The van der Waals surface area contributed by atoms with Crippen molar-refractivity contribution in [3.8, 4) is 6.07 Å². The maximum absolute atomic E-state index is 12.3. The summed E-state index contributed by atoms with van der Waals surface area (Å²) < 4.78 is 26.4. The third kappa shape index (κ3) is 3.28. The first-order valence-electron chi connectivity index (χ1n) is 5.04. The number of sulfonamides is 1. The number of rotatable bonds is 4. The molecule has 0 atom stereocenters. The van der Waals surface area contributed by atoms with Gasteiger partial charge in [-0.05, 0) is 32.0 Å². The Hall–Kier alpha value is -0.900. The van der Waals surface area contributed by atoms with Gasteiger partial charge in [-0.1, -0.05) is 22.0 Å². The van der Waals surface area contributed by atoms with Crippen LogP contribution in [0.2, 0.25) is 0 Å². The van der Waals surface area contributed by atoms with Crippen molar-refractivity contribution in [1.82, 2.24) is 4.31 Å². The first-order valence-corrected chi connectivity index (χ1v) is 7.27. The van der Waals surface area contributed by atoms with E-state index in [-0.39, 0.29) is 17.5 Å². The molecule has 1 rings (SSSR count). The van der Waals surface area contributed by atoms with E-state index in [0.29, 0.717) is 4.47 Å². The molecule has 0 fully saturated rings. The zero-order valence-electron chi connectivity index (χ0n) is 9.59. The molecular weight excluding hydrogens is 304 g/mol. The van der Waals surface area contributed by atoms with Crippen molar-refractivity contribution in [3.05, 3.63) is 28.7 Å². The molecule has 0 radical (unpaired) electrons. The lowest BCUT2D eigenvalue weighted by Gasteiger charge is -2.23. The van der Waals surface area contributed by atoms with Gasteiger partial charge in [0.1, 0.15) is 6.54 Å². The third-order valence-corrected chi connectivity index (χ3v) is 4.72. The molecule has 0 aliphatic heterocycles. The van der Waals surface area contributed by atoms with Crippen molar-refractivity contribution in [2.24, 2.45) is 0 Å². The van der Waals surface area contributed by atoms with E-state index in [2.05, 4.69) is 15.9 Å². The van der Waals surface area contributed by atoms with E-state index in [0.717, 1.165) is 0 Å². The van der Waals surface area contributed by atoms with Gasteiger partial charge in [-0.3, -0.25) is 0 Å². The van der Waals surface area contributed by atoms with Crippen molar-refractivity contribution in [2.45, 2.75) is 24.8 Å². The number of nitrogens with zero attached hydrogens (tertiary/aromatic N) is 2. The fourth-order valence-corrected chi connectivity index (χ4v) is 3.51. The van der Waals surface area contributed by atoms with Gasteiger partial charge in [-0.2, -0.15) is 9.57 Å². The van der Waals surface area contributed by atoms with Gasteiger partial charge in [-0.15, -0.1) is 0 Å². The van der Waals surface area contributed by atoms with Crippen LogP contribution in [0.3, 0.4) is 0 Å². The van der Waals surface area contributed by atoms with E-state index >= 15 is 0 Å². The second-order valence-electron chi connectivity index (χ2n) is 3.76. The summed E-state index contributed by atoms with van der Waals surface area (Å²) in [5, 5.41) is 8.69. The van der Waals surface area contributed by atoms with Gasteiger partial charge in [0, 0.05) is 10.5 Å². The highest BCUT2D eigenvalue weighted by Crippen LogP contribution is 2.21. The van der Waals surface area contributed by atoms with Crippen LogP contribution in [0, 0.1) is 11.3 Å². The lowest BCUT2D eigenvalue weighted by molar-refractivity contribution is 0.385. The Morgan fingerprint density at radius 3 is 2.59 bits per heavy atom. The predicted molar refractivity (Wildman–Crippen MR) is 68.8 cm³/mol. The van der Waals surface area contributed by atoms with Crippen LogP contribution in [0.25, 0.3) is 0 Å². The van der Waals surface area contributed by atoms with E-state index in [4.69, 9.17) is 5.26 Å². The smallest absolute Gasteiger partial charge is 0.207 e. The van der Waals surface area contributed by atoms with Crippen LogP contribution in [0.5, 0.6) is 0 Å². The third-order valence-electron chi connectivity index (χ3n) is 2.21. The molecule has 4 nitrogen and oxygen atoms in total. The summed E-state index contributed by atoms with van der Waals surface area (Å²) in [4.78, 5) is 0.191. The first-order chi connectivity index (χ1) is 7.89. The molecule has 0 N–H and O–H groups in total. The van der Waals surface area contributed by atoms with Gasteiger partial charge in [0.05, 0.1) is 11.0 Å². The summed E-state index contributed by atoms with van der Waals surface area (Å²) in [7, 11) is -3.60. The molecule has 6 heteroatoms. The van der Waals surface area contributed by atoms with Crippen molar-refractivity contribution in [1.29, 1.82) is 5.26 Å². The molecule has 0 unspecified atom stereocenters. The summed E-state index contributed by atoms with van der Waals surface area (Å²) in [6, 6.07) is 8.08. The zero-order valence-corrected chi connectivity index (χ0v) is 12.0. The molecule has 0 aliphatic rings. The summed E-state index contributed by atoms with van der Waals surface area (Å²) in [5.41, 5.74) is 0. The van der Waals surface area contributed by atoms with Gasteiger partial charge >= 0.3 is 0 Å². The summed E-state index contributed by atoms with van der Waals surface area (Å²) in [6.45, 7) is 3.34. The number of hydrogen-bond donors (Lipinski definition) is 0. The molecule has 0 aromatic heterocycles. The highest BCUT2D eigenvalue weighted by atomic mass is 79.9. The van der Waals surface area contributed by atoms with E-state index < -0.39 is 10.0 Å². The molecule has 17 heavy (non-hydrogen) atoms. The van der Waals surface area contributed by atoms with Crippen LogP contribution >= 0.6 is 15.9 Å². The average molecular weight is 317 g/mol. The Labute approximate surface area is 110 Å². The van der Waals surface area contributed by atoms with Crippen LogP contribution in [0.1, 0.15) is 13.8 Å². The van der Waals surface area contributed by atoms with Gasteiger partial charge in [0.2, 0.25) is 10.0 Å². The Balaban J connectivity index is 3.22. The molecular formula is C11H13BrN2O2S. The van der Waals surface area contributed by atoms with Crippen molar-refractivity contribution >= 4 is 26.0 Å². The van der Waals surface area contributed by atoms with E-state index in [1.807, 2.05) is 6.07 Å². The topological polar surface area (TPSA) is 61.2 Å². The quantitative estimate of drug-likeness (QED) is 0.801. The van der Waals surface area contributed by atoms with Crippen molar-refractivity contribution in [2.75, 3.05) is 6.54 Å². The molecule has 0 heterocycles. The first kappa shape index (κ1) is 14.2. The highest BCUT2D eigenvalue weighted by molar-refractivity contribution is 9.10. The minimum atomic E-state index is -3.60. The summed E-state index contributed by atoms with van der Waals surface area (Å²) in [5.74, 6) is 0. The zero-order chi connectivity index (χ0) is 13.1. The fraction of sp³-hybridized carbons (Fsp3) is 0.364. The maximum Gasteiger partial charge on any atom is 0.244 e. The number of benzene rings is 1. The monoisotopic (exact) mass is 316 g/mol. The lowest BCUT2D eigenvalue weighted by atomic mass is 10.4. The maximum atomic E-state index is 12.3. The Kier molecular flexibility index (Phi) is 4.69. The SMILES string of the molecule is CC(C)N(CC#N)S(=O)(=O)c1cccc(Br)c1. The second-order valence-corrected chi connectivity index (χ2v) is 6.57. The second kappa shape index (κ2) is 5.63. The van der Waals surface area contributed by atoms with Crippen molar-refractivity contribution < 1.29 is 8.42 Å². The molecule has 0 saturated heterocycles. The van der Waals surface area contributed by atoms with Gasteiger partial charge in [0.15, 0.2) is 0 Å². The molecule has 0 aliphatic carbocycles. The van der Waals surface area contributed by atoms with Crippen LogP contribution in [-0.4, -0.2) is 25.3 Å². The lowest BCUT2D eigenvalue weighted by Crippen LogP contribution is -2.37. The largest absolute Gasteiger partial charge is 0.244 e. The van der Waals surface area contributed by atoms with Crippen LogP contribution in [0.15, 0.2) is 33.6 Å². The van der Waals surface area contributed by atoms with Crippen molar-refractivity contribution in [3.63, 3.8) is 0 Å². The molecule has 0 saturated carbocycles. The van der Waals surface area contributed by atoms with Crippen LogP contribution in [0.4, 0.5) is 0 Å². The Bertz CT molecular complexity index is 535. The molecule has 1 aromatic rings. The molecule has 0 spiro atoms. The van der Waals surface area contributed by atoms with E-state index in [9.17, 15) is 8.42 Å². The van der Waals surface area contributed by atoms with Crippen LogP contribution in [-0.2, 0) is 10.0 Å². The van der Waals surface area contributed by atoms with E-state index in [1.54, 1.807) is 26.0 Å². The molecule has 92 valence electrons. The van der Waals surface area contributed by atoms with Crippen LogP contribution < -0.4 is 0 Å². The van der Waals surface area contributed by atoms with Gasteiger partial charge in [-0.25, -0.2) is 8.42 Å². The van der Waals surface area contributed by atoms with Gasteiger partial charge in [0.25, 0.3) is 0 Å². The van der Waals surface area contributed by atoms with E-state index in [1.165, 1.54) is 16.4 Å². The highest BCUT2D eigenvalue weighted by Gasteiger charge is 2.26. The normalized spacial score (nSPS) is 11.8. The molecule has 0 bridgehead atoms. The average Bonchev–Trinajstić information content (AvgIpc) is 2.25. The minimum absolute atomic E-state index is 0.146. The molecule has 0 amide bonds. The number of nitriles is 1.